The zero-order valence-electron chi connectivity index (χ0n) is 14.1. The third-order valence-corrected chi connectivity index (χ3v) is 4.90. The van der Waals surface area contributed by atoms with Crippen molar-refractivity contribution in [3.63, 3.8) is 0 Å². The number of hydrogen-bond donors (Lipinski definition) is 1. The monoisotopic (exact) mass is 367 g/mol. The molecule has 0 saturated carbocycles. The van der Waals surface area contributed by atoms with Crippen molar-refractivity contribution in [2.45, 2.75) is 10.9 Å². The number of nitrogen functional groups attached to an aromatic ring is 1. The maximum absolute atomic E-state index is 12.5. The van der Waals surface area contributed by atoms with E-state index in [-0.39, 0.29) is 5.56 Å². The average Bonchev–Trinajstić information content (AvgIpc) is 2.69. The van der Waals surface area contributed by atoms with E-state index in [2.05, 4.69) is 11.6 Å². The summed E-state index contributed by atoms with van der Waals surface area (Å²) in [7, 11) is 1.30. The highest BCUT2D eigenvalue weighted by Crippen LogP contribution is 2.22. The Morgan fingerprint density at radius 3 is 2.69 bits per heavy atom. The van der Waals surface area contributed by atoms with Gasteiger partial charge >= 0.3 is 5.97 Å². The first-order chi connectivity index (χ1) is 12.5. The van der Waals surface area contributed by atoms with Gasteiger partial charge in [0, 0.05) is 5.75 Å². The summed E-state index contributed by atoms with van der Waals surface area (Å²) in [6.45, 7) is 3.73. The molecule has 2 N–H and O–H groups in total. The fourth-order valence-electron chi connectivity index (χ4n) is 2.42. The third-order valence-electron chi connectivity index (χ3n) is 3.87. The predicted molar refractivity (Wildman–Crippen MR) is 104 cm³/mol. The van der Waals surface area contributed by atoms with Gasteiger partial charge in [-0.25, -0.2) is 14.5 Å². The van der Waals surface area contributed by atoms with Crippen LogP contribution in [-0.2, 0) is 10.5 Å². The van der Waals surface area contributed by atoms with Crippen LogP contribution in [0.3, 0.4) is 0 Å². The van der Waals surface area contributed by atoms with E-state index in [9.17, 15) is 9.59 Å². The van der Waals surface area contributed by atoms with Gasteiger partial charge in [-0.05, 0) is 29.3 Å². The summed E-state index contributed by atoms with van der Waals surface area (Å²) in [5, 5.41) is 0.720. The smallest absolute Gasteiger partial charge is 0.337 e. The van der Waals surface area contributed by atoms with Gasteiger partial charge in [-0.1, -0.05) is 48.7 Å². The number of nitrogens with two attached hydrogens (primary N) is 1. The van der Waals surface area contributed by atoms with Crippen molar-refractivity contribution in [3.05, 3.63) is 76.1 Å². The molecule has 3 aromatic rings. The molecular weight excluding hydrogens is 350 g/mol. The van der Waals surface area contributed by atoms with Crippen molar-refractivity contribution < 1.29 is 9.53 Å². The molecule has 0 aliphatic carbocycles. The zero-order chi connectivity index (χ0) is 18.7. The zero-order valence-corrected chi connectivity index (χ0v) is 15.0. The third kappa shape index (κ3) is 3.48. The lowest BCUT2D eigenvalue weighted by atomic mass is 10.1. The molecule has 132 valence electrons. The van der Waals surface area contributed by atoms with Crippen LogP contribution in [0.1, 0.15) is 21.5 Å². The Bertz CT molecular complexity index is 1040. The van der Waals surface area contributed by atoms with Crippen LogP contribution >= 0.6 is 11.8 Å². The van der Waals surface area contributed by atoms with E-state index in [0.29, 0.717) is 27.4 Å². The highest BCUT2D eigenvalue weighted by atomic mass is 32.2. The molecular formula is C19H17N3O3S. The lowest BCUT2D eigenvalue weighted by Gasteiger charge is -2.09. The number of methoxy groups -OCH3 is 1. The number of carbonyl (C=O) groups excluding carboxylic acids is 1. The Kier molecular flexibility index (Phi) is 5.09. The minimum absolute atomic E-state index is 0.331. The van der Waals surface area contributed by atoms with E-state index >= 15 is 0 Å². The molecule has 0 amide bonds. The fourth-order valence-corrected chi connectivity index (χ4v) is 3.30. The molecule has 0 aliphatic rings. The van der Waals surface area contributed by atoms with Crippen molar-refractivity contribution in [3.8, 4) is 0 Å². The number of thioether (sulfide) groups is 1. The first kappa shape index (κ1) is 17.8. The van der Waals surface area contributed by atoms with Crippen LogP contribution in [0.25, 0.3) is 17.0 Å². The standard InChI is InChI=1S/C19H17N3O3S/c1-3-12-4-6-13(7-5-12)11-26-19-21-16-10-14(18(24)25-2)8-9-15(16)17(23)22(19)20/h3-10H,1,11,20H2,2H3. The Morgan fingerprint density at radius 1 is 1.31 bits per heavy atom. The topological polar surface area (TPSA) is 87.2 Å². The van der Waals surface area contributed by atoms with E-state index in [1.807, 2.05) is 24.3 Å². The Morgan fingerprint density at radius 2 is 2.04 bits per heavy atom. The average molecular weight is 367 g/mol. The molecule has 0 fully saturated rings. The van der Waals surface area contributed by atoms with Crippen LogP contribution in [0.4, 0.5) is 0 Å². The summed E-state index contributed by atoms with van der Waals surface area (Å²) in [6, 6.07) is 12.5. The van der Waals surface area contributed by atoms with Crippen LogP contribution in [0.2, 0.25) is 0 Å². The predicted octanol–water partition coefficient (Wildman–Crippen LogP) is 2.83. The second-order valence-electron chi connectivity index (χ2n) is 5.53. The summed E-state index contributed by atoms with van der Waals surface area (Å²) in [5.74, 6) is 6.01. The highest BCUT2D eigenvalue weighted by Gasteiger charge is 2.13. The second kappa shape index (κ2) is 7.45. The molecule has 1 aromatic heterocycles. The second-order valence-corrected chi connectivity index (χ2v) is 6.47. The SMILES string of the molecule is C=Cc1ccc(CSc2nc3cc(C(=O)OC)ccc3c(=O)n2N)cc1. The van der Waals surface area contributed by atoms with Gasteiger partial charge in [-0.15, -0.1) is 0 Å². The molecule has 6 nitrogen and oxygen atoms in total. The summed E-state index contributed by atoms with van der Waals surface area (Å²) in [5.41, 5.74) is 2.48. The van der Waals surface area contributed by atoms with Gasteiger partial charge < -0.3 is 10.6 Å². The van der Waals surface area contributed by atoms with Crippen molar-refractivity contribution in [1.29, 1.82) is 0 Å². The van der Waals surface area contributed by atoms with Crippen LogP contribution in [0, 0.1) is 0 Å². The molecule has 0 atom stereocenters. The number of rotatable bonds is 5. The number of ether oxygens (including phenoxy) is 1. The molecule has 0 radical (unpaired) electrons. The van der Waals surface area contributed by atoms with Gasteiger partial charge in [-0.2, -0.15) is 0 Å². The van der Waals surface area contributed by atoms with Crippen LogP contribution in [-0.4, -0.2) is 22.7 Å². The largest absolute Gasteiger partial charge is 0.465 e. The van der Waals surface area contributed by atoms with E-state index in [0.717, 1.165) is 15.8 Å². The molecule has 1 heterocycles. The summed E-state index contributed by atoms with van der Waals surface area (Å²) in [6.07, 6.45) is 1.78. The van der Waals surface area contributed by atoms with Gasteiger partial charge in [-0.3, -0.25) is 4.79 Å². The quantitative estimate of drug-likeness (QED) is 0.323. The number of fused-ring (bicyclic) bond motifs is 1. The first-order valence-electron chi connectivity index (χ1n) is 7.78. The van der Waals surface area contributed by atoms with Gasteiger partial charge in [0.05, 0.1) is 23.6 Å². The summed E-state index contributed by atoms with van der Waals surface area (Å²) < 4.78 is 5.74. The van der Waals surface area contributed by atoms with Gasteiger partial charge in [0.1, 0.15) is 0 Å². The number of carbonyl (C=O) groups is 1. The fraction of sp³-hybridized carbons (Fsp3) is 0.105. The van der Waals surface area contributed by atoms with E-state index < -0.39 is 5.97 Å². The van der Waals surface area contributed by atoms with E-state index in [1.165, 1.54) is 37.1 Å². The number of esters is 1. The van der Waals surface area contributed by atoms with Gasteiger partial charge in [0.15, 0.2) is 5.16 Å². The number of benzene rings is 2. The highest BCUT2D eigenvalue weighted by molar-refractivity contribution is 7.98. The molecule has 3 rings (SSSR count). The first-order valence-corrected chi connectivity index (χ1v) is 8.76. The lowest BCUT2D eigenvalue weighted by Crippen LogP contribution is -2.29. The summed E-state index contributed by atoms with van der Waals surface area (Å²) >= 11 is 1.35. The molecule has 0 bridgehead atoms. The van der Waals surface area contributed by atoms with Crippen molar-refractivity contribution >= 4 is 34.7 Å². The van der Waals surface area contributed by atoms with Crippen molar-refractivity contribution in [2.24, 2.45) is 0 Å². The Balaban J connectivity index is 1.93. The Hall–Kier alpha value is -3.06. The van der Waals surface area contributed by atoms with E-state index in [4.69, 9.17) is 10.6 Å². The molecule has 0 unspecified atom stereocenters. The minimum atomic E-state index is -0.484. The number of aromatic nitrogens is 2. The van der Waals surface area contributed by atoms with Gasteiger partial charge in [0.25, 0.3) is 5.56 Å². The molecule has 0 saturated heterocycles. The minimum Gasteiger partial charge on any atom is -0.465 e. The molecule has 0 spiro atoms. The Labute approximate surface area is 154 Å². The van der Waals surface area contributed by atoms with Crippen LogP contribution < -0.4 is 11.4 Å². The lowest BCUT2D eigenvalue weighted by molar-refractivity contribution is 0.0601. The normalized spacial score (nSPS) is 10.7. The maximum Gasteiger partial charge on any atom is 0.337 e. The summed E-state index contributed by atoms with van der Waals surface area (Å²) in [4.78, 5) is 28.6. The van der Waals surface area contributed by atoms with Crippen molar-refractivity contribution in [1.82, 2.24) is 9.66 Å². The number of nitrogens with zero attached hydrogens (tertiary/aromatic N) is 2. The van der Waals surface area contributed by atoms with Crippen LogP contribution in [0.5, 0.6) is 0 Å². The molecule has 0 aliphatic heterocycles. The number of hydrogen-bond acceptors (Lipinski definition) is 6. The van der Waals surface area contributed by atoms with E-state index in [1.54, 1.807) is 6.08 Å². The van der Waals surface area contributed by atoms with Crippen LogP contribution in [0.15, 0.2) is 59.0 Å². The molecule has 7 heteroatoms. The molecule has 26 heavy (non-hydrogen) atoms. The van der Waals surface area contributed by atoms with Gasteiger partial charge in [0.2, 0.25) is 0 Å². The van der Waals surface area contributed by atoms with Crippen molar-refractivity contribution in [2.75, 3.05) is 13.0 Å². The molecule has 2 aromatic carbocycles. The maximum atomic E-state index is 12.5.